The number of aromatic nitrogens is 3. The normalized spacial score (nSPS) is 18.1. The lowest BCUT2D eigenvalue weighted by atomic mass is 9.97. The fourth-order valence-corrected chi connectivity index (χ4v) is 2.46. The predicted octanol–water partition coefficient (Wildman–Crippen LogP) is 1.85. The second-order valence-electron chi connectivity index (χ2n) is 4.13. The number of nitrogens with zero attached hydrogens (tertiary/aromatic N) is 3. The maximum Gasteiger partial charge on any atom is 0.179 e. The largest absolute Gasteiger partial charge is 0.317 e. The monoisotopic (exact) mass is 236 g/mol. The lowest BCUT2D eigenvalue weighted by Crippen LogP contribution is -2.27. The van der Waals surface area contributed by atoms with Gasteiger partial charge in [0, 0.05) is 12.1 Å². The highest BCUT2D eigenvalue weighted by molar-refractivity contribution is 6.33. The van der Waals surface area contributed by atoms with Gasteiger partial charge in [-0.15, -0.1) is 10.2 Å². The van der Waals surface area contributed by atoms with Crippen molar-refractivity contribution in [3.63, 3.8) is 0 Å². The summed E-state index contributed by atoms with van der Waals surface area (Å²) in [5.41, 5.74) is 0.762. The summed E-state index contributed by atoms with van der Waals surface area (Å²) >= 11 is 6.07. The van der Waals surface area contributed by atoms with E-state index in [0.29, 0.717) is 10.9 Å². The summed E-state index contributed by atoms with van der Waals surface area (Å²) in [5, 5.41) is 12.4. The molecule has 3 heterocycles. The molecule has 0 aromatic carbocycles. The molecule has 84 valence electrons. The minimum atomic E-state index is 0.495. The number of hydrogen-bond donors (Lipinski definition) is 1. The molecule has 1 fully saturated rings. The number of hydrogen-bond acceptors (Lipinski definition) is 3. The third kappa shape index (κ3) is 1.58. The molecule has 0 spiro atoms. The van der Waals surface area contributed by atoms with E-state index in [4.69, 9.17) is 11.6 Å². The van der Waals surface area contributed by atoms with Crippen molar-refractivity contribution in [1.29, 1.82) is 0 Å². The van der Waals surface area contributed by atoms with Crippen molar-refractivity contribution in [2.24, 2.45) is 0 Å². The Balaban J connectivity index is 2.06. The van der Waals surface area contributed by atoms with Crippen LogP contribution in [0, 0.1) is 0 Å². The SMILES string of the molecule is Clc1cccn2c(C3CCNCC3)nnc12. The summed E-state index contributed by atoms with van der Waals surface area (Å²) < 4.78 is 2.01. The molecule has 0 saturated carbocycles. The second-order valence-corrected chi connectivity index (χ2v) is 4.54. The van der Waals surface area contributed by atoms with E-state index in [1.807, 2.05) is 22.7 Å². The van der Waals surface area contributed by atoms with Crippen LogP contribution < -0.4 is 5.32 Å². The molecular formula is C11H13ClN4. The van der Waals surface area contributed by atoms with Crippen molar-refractivity contribution in [2.45, 2.75) is 18.8 Å². The summed E-state index contributed by atoms with van der Waals surface area (Å²) in [6, 6.07) is 3.78. The van der Waals surface area contributed by atoms with Crippen molar-refractivity contribution in [2.75, 3.05) is 13.1 Å². The van der Waals surface area contributed by atoms with Crippen molar-refractivity contribution in [3.05, 3.63) is 29.2 Å². The Kier molecular flexibility index (Phi) is 2.53. The number of halogens is 1. The average molecular weight is 237 g/mol. The van der Waals surface area contributed by atoms with Gasteiger partial charge in [0.15, 0.2) is 5.65 Å². The maximum atomic E-state index is 6.07. The van der Waals surface area contributed by atoms with Crippen LogP contribution in [0.1, 0.15) is 24.6 Å². The van der Waals surface area contributed by atoms with Gasteiger partial charge in [0.05, 0.1) is 5.02 Å². The van der Waals surface area contributed by atoms with Crippen LogP contribution in [0.25, 0.3) is 5.65 Å². The Labute approximate surface area is 98.6 Å². The topological polar surface area (TPSA) is 42.2 Å². The van der Waals surface area contributed by atoms with Crippen molar-refractivity contribution in [1.82, 2.24) is 19.9 Å². The van der Waals surface area contributed by atoms with Gasteiger partial charge in [0.1, 0.15) is 5.82 Å². The predicted molar refractivity (Wildman–Crippen MR) is 62.8 cm³/mol. The van der Waals surface area contributed by atoms with E-state index in [0.717, 1.165) is 37.4 Å². The molecule has 0 atom stereocenters. The Hall–Kier alpha value is -1.13. The van der Waals surface area contributed by atoms with E-state index < -0.39 is 0 Å². The average Bonchev–Trinajstić information content (AvgIpc) is 2.75. The van der Waals surface area contributed by atoms with Gasteiger partial charge < -0.3 is 5.32 Å². The summed E-state index contributed by atoms with van der Waals surface area (Å²) in [4.78, 5) is 0. The Bertz CT molecular complexity index is 502. The van der Waals surface area contributed by atoms with E-state index in [9.17, 15) is 0 Å². The van der Waals surface area contributed by atoms with Crippen LogP contribution in [0.4, 0.5) is 0 Å². The smallest absolute Gasteiger partial charge is 0.179 e. The highest BCUT2D eigenvalue weighted by Gasteiger charge is 2.20. The molecule has 16 heavy (non-hydrogen) atoms. The molecule has 2 aromatic rings. The van der Waals surface area contributed by atoms with E-state index in [-0.39, 0.29) is 0 Å². The first-order valence-electron chi connectivity index (χ1n) is 5.56. The van der Waals surface area contributed by atoms with Gasteiger partial charge in [-0.25, -0.2) is 0 Å². The zero-order chi connectivity index (χ0) is 11.0. The number of pyridine rings is 1. The third-order valence-corrected chi connectivity index (χ3v) is 3.41. The van der Waals surface area contributed by atoms with Gasteiger partial charge in [-0.3, -0.25) is 4.40 Å². The first kappa shape index (κ1) is 10.1. The summed E-state index contributed by atoms with van der Waals surface area (Å²) in [6.07, 6.45) is 4.22. The molecule has 1 saturated heterocycles. The molecule has 1 N–H and O–H groups in total. The molecule has 2 aromatic heterocycles. The van der Waals surface area contributed by atoms with Crippen LogP contribution in [0.5, 0.6) is 0 Å². The van der Waals surface area contributed by atoms with Crippen molar-refractivity contribution >= 4 is 17.2 Å². The fourth-order valence-electron chi connectivity index (χ4n) is 2.26. The van der Waals surface area contributed by atoms with E-state index in [2.05, 4.69) is 15.5 Å². The lowest BCUT2D eigenvalue weighted by molar-refractivity contribution is 0.442. The molecule has 3 rings (SSSR count). The van der Waals surface area contributed by atoms with Gasteiger partial charge in [-0.1, -0.05) is 11.6 Å². The molecule has 0 radical (unpaired) electrons. The lowest BCUT2D eigenvalue weighted by Gasteiger charge is -2.20. The van der Waals surface area contributed by atoms with Gasteiger partial charge >= 0.3 is 0 Å². The molecule has 0 aliphatic carbocycles. The third-order valence-electron chi connectivity index (χ3n) is 3.12. The Morgan fingerprint density at radius 1 is 1.31 bits per heavy atom. The van der Waals surface area contributed by atoms with E-state index in [1.165, 1.54) is 0 Å². The molecule has 0 unspecified atom stereocenters. The van der Waals surface area contributed by atoms with Crippen LogP contribution in [0.15, 0.2) is 18.3 Å². The fraction of sp³-hybridized carbons (Fsp3) is 0.455. The van der Waals surface area contributed by atoms with Crippen LogP contribution in [0.3, 0.4) is 0 Å². The van der Waals surface area contributed by atoms with Gasteiger partial charge in [0.2, 0.25) is 0 Å². The molecule has 0 bridgehead atoms. The minimum Gasteiger partial charge on any atom is -0.317 e. The Morgan fingerprint density at radius 2 is 2.12 bits per heavy atom. The molecule has 0 amide bonds. The second kappa shape index (κ2) is 4.03. The van der Waals surface area contributed by atoms with Gasteiger partial charge in [0.25, 0.3) is 0 Å². The first-order chi connectivity index (χ1) is 7.86. The number of rotatable bonds is 1. The number of nitrogens with one attached hydrogen (secondary N) is 1. The van der Waals surface area contributed by atoms with Crippen LogP contribution >= 0.6 is 11.6 Å². The Morgan fingerprint density at radius 3 is 2.94 bits per heavy atom. The molecule has 5 heteroatoms. The number of fused-ring (bicyclic) bond motifs is 1. The van der Waals surface area contributed by atoms with Crippen LogP contribution in [-0.2, 0) is 0 Å². The van der Waals surface area contributed by atoms with Crippen LogP contribution in [0.2, 0.25) is 5.02 Å². The van der Waals surface area contributed by atoms with E-state index in [1.54, 1.807) is 0 Å². The van der Waals surface area contributed by atoms with Gasteiger partial charge in [-0.05, 0) is 38.1 Å². The highest BCUT2D eigenvalue weighted by atomic mass is 35.5. The minimum absolute atomic E-state index is 0.495. The van der Waals surface area contributed by atoms with Crippen LogP contribution in [-0.4, -0.2) is 27.7 Å². The standard InChI is InChI=1S/C11H13ClN4/c12-9-2-1-7-16-10(14-15-11(9)16)8-3-5-13-6-4-8/h1-2,7-8,13H,3-6H2. The summed E-state index contributed by atoms with van der Waals surface area (Å²) in [5.74, 6) is 1.54. The van der Waals surface area contributed by atoms with E-state index >= 15 is 0 Å². The van der Waals surface area contributed by atoms with Gasteiger partial charge in [-0.2, -0.15) is 0 Å². The molecule has 1 aliphatic heterocycles. The first-order valence-corrected chi connectivity index (χ1v) is 5.94. The quantitative estimate of drug-likeness (QED) is 0.822. The molecule has 4 nitrogen and oxygen atoms in total. The highest BCUT2D eigenvalue weighted by Crippen LogP contribution is 2.25. The molecular weight excluding hydrogens is 224 g/mol. The zero-order valence-electron chi connectivity index (χ0n) is 8.86. The number of piperidine rings is 1. The van der Waals surface area contributed by atoms with Crippen molar-refractivity contribution < 1.29 is 0 Å². The zero-order valence-corrected chi connectivity index (χ0v) is 9.61. The molecule has 1 aliphatic rings. The van der Waals surface area contributed by atoms with Crippen molar-refractivity contribution in [3.8, 4) is 0 Å². The summed E-state index contributed by atoms with van der Waals surface area (Å²) in [6.45, 7) is 2.11. The maximum absolute atomic E-state index is 6.07. The summed E-state index contributed by atoms with van der Waals surface area (Å²) in [7, 11) is 0.